The fraction of sp³-hybridized carbons (Fsp3) is 0.286. The Morgan fingerprint density at radius 2 is 2.00 bits per heavy atom. The highest BCUT2D eigenvalue weighted by molar-refractivity contribution is 7.10. The molecule has 0 saturated heterocycles. The van der Waals surface area contributed by atoms with Crippen LogP contribution in [0.5, 0.6) is 5.75 Å². The molecule has 1 aromatic carbocycles. The van der Waals surface area contributed by atoms with Gasteiger partial charge in [-0.3, -0.25) is 0 Å². The summed E-state index contributed by atoms with van der Waals surface area (Å²) in [5.74, 6) is 0.741. The molecule has 0 fully saturated rings. The molecular formula is C14H16O2S. The maximum absolute atomic E-state index is 10.4. The first-order valence-corrected chi connectivity index (χ1v) is 6.38. The molecular weight excluding hydrogens is 232 g/mol. The maximum Gasteiger partial charge on any atom is 0.125 e. The van der Waals surface area contributed by atoms with E-state index in [0.29, 0.717) is 0 Å². The van der Waals surface area contributed by atoms with E-state index < -0.39 is 6.10 Å². The van der Waals surface area contributed by atoms with E-state index in [0.717, 1.165) is 27.3 Å². The van der Waals surface area contributed by atoms with Crippen LogP contribution in [0.2, 0.25) is 0 Å². The summed E-state index contributed by atoms with van der Waals surface area (Å²) >= 11 is 1.57. The van der Waals surface area contributed by atoms with Gasteiger partial charge in [0, 0.05) is 10.4 Å². The summed E-state index contributed by atoms with van der Waals surface area (Å²) in [5, 5.41) is 12.4. The third-order valence-electron chi connectivity index (χ3n) is 2.83. The van der Waals surface area contributed by atoms with Crippen molar-refractivity contribution in [2.45, 2.75) is 20.0 Å². The Morgan fingerprint density at radius 3 is 2.59 bits per heavy atom. The Morgan fingerprint density at radius 1 is 1.24 bits per heavy atom. The molecule has 1 heterocycles. The van der Waals surface area contributed by atoms with Gasteiger partial charge in [0.2, 0.25) is 0 Å². The van der Waals surface area contributed by atoms with E-state index in [1.54, 1.807) is 18.4 Å². The van der Waals surface area contributed by atoms with E-state index in [1.165, 1.54) is 0 Å². The van der Waals surface area contributed by atoms with Gasteiger partial charge in [-0.2, -0.15) is 0 Å². The number of hydrogen-bond acceptors (Lipinski definition) is 3. The van der Waals surface area contributed by atoms with Gasteiger partial charge >= 0.3 is 0 Å². The number of aliphatic hydroxyl groups excluding tert-OH is 1. The second-order valence-corrected chi connectivity index (χ2v) is 5.06. The molecule has 0 spiro atoms. The van der Waals surface area contributed by atoms with Gasteiger partial charge in [0.05, 0.1) is 7.11 Å². The van der Waals surface area contributed by atoms with E-state index in [9.17, 15) is 5.11 Å². The average Bonchev–Trinajstić information content (AvgIpc) is 2.74. The summed E-state index contributed by atoms with van der Waals surface area (Å²) in [6.07, 6.45) is -0.606. The van der Waals surface area contributed by atoms with Crippen LogP contribution in [0.25, 0.3) is 0 Å². The summed E-state index contributed by atoms with van der Waals surface area (Å²) in [4.78, 5) is 0.979. The zero-order valence-electron chi connectivity index (χ0n) is 10.2. The minimum absolute atomic E-state index is 0.606. The van der Waals surface area contributed by atoms with Crippen LogP contribution in [0.15, 0.2) is 29.6 Å². The molecule has 1 unspecified atom stereocenters. The first-order chi connectivity index (χ1) is 8.13. The van der Waals surface area contributed by atoms with E-state index in [2.05, 4.69) is 0 Å². The van der Waals surface area contributed by atoms with Crippen LogP contribution >= 0.6 is 11.3 Å². The van der Waals surface area contributed by atoms with E-state index >= 15 is 0 Å². The number of benzene rings is 1. The van der Waals surface area contributed by atoms with E-state index in [4.69, 9.17) is 4.74 Å². The quantitative estimate of drug-likeness (QED) is 0.901. The van der Waals surface area contributed by atoms with E-state index in [-0.39, 0.29) is 0 Å². The Labute approximate surface area is 105 Å². The number of aliphatic hydroxyl groups is 1. The Bertz CT molecular complexity index is 517. The molecule has 0 aliphatic carbocycles. The summed E-state index contributed by atoms with van der Waals surface area (Å²) in [5.41, 5.74) is 3.06. The lowest BCUT2D eigenvalue weighted by atomic mass is 10.0. The lowest BCUT2D eigenvalue weighted by molar-refractivity contribution is 0.218. The van der Waals surface area contributed by atoms with Crippen molar-refractivity contribution in [1.82, 2.24) is 0 Å². The van der Waals surface area contributed by atoms with Gasteiger partial charge in [-0.1, -0.05) is 12.1 Å². The second kappa shape index (κ2) is 4.90. The molecule has 2 nitrogen and oxygen atoms in total. The first-order valence-electron chi connectivity index (χ1n) is 5.50. The molecule has 0 aliphatic heterocycles. The lowest BCUT2D eigenvalue weighted by Crippen LogP contribution is -2.02. The molecule has 1 aromatic heterocycles. The van der Waals surface area contributed by atoms with Gasteiger partial charge in [-0.05, 0) is 42.5 Å². The van der Waals surface area contributed by atoms with Crippen LogP contribution in [0.4, 0.5) is 0 Å². The van der Waals surface area contributed by atoms with Gasteiger partial charge in [-0.15, -0.1) is 11.3 Å². The average molecular weight is 248 g/mol. The standard InChI is InChI=1S/C14H16O2S/c1-9-4-5-11(12(8-9)16-3)13(15)14-10(2)6-7-17-14/h4-8,13,15H,1-3H3. The number of rotatable bonds is 3. The number of hydrogen-bond donors (Lipinski definition) is 1. The van der Waals surface area contributed by atoms with Crippen molar-refractivity contribution >= 4 is 11.3 Å². The zero-order chi connectivity index (χ0) is 12.4. The monoisotopic (exact) mass is 248 g/mol. The fourth-order valence-electron chi connectivity index (χ4n) is 1.85. The molecule has 17 heavy (non-hydrogen) atoms. The lowest BCUT2D eigenvalue weighted by Gasteiger charge is -2.15. The highest BCUT2D eigenvalue weighted by atomic mass is 32.1. The van der Waals surface area contributed by atoms with Crippen molar-refractivity contribution in [2.24, 2.45) is 0 Å². The largest absolute Gasteiger partial charge is 0.496 e. The highest BCUT2D eigenvalue weighted by Crippen LogP contribution is 2.34. The number of thiophene rings is 1. The van der Waals surface area contributed by atoms with Crippen molar-refractivity contribution < 1.29 is 9.84 Å². The summed E-state index contributed by atoms with van der Waals surface area (Å²) < 4.78 is 5.33. The van der Waals surface area contributed by atoms with Crippen LogP contribution in [0.1, 0.15) is 27.7 Å². The summed E-state index contributed by atoms with van der Waals surface area (Å²) in [7, 11) is 1.63. The summed E-state index contributed by atoms with van der Waals surface area (Å²) in [6.45, 7) is 4.02. The molecule has 90 valence electrons. The zero-order valence-corrected chi connectivity index (χ0v) is 11.0. The van der Waals surface area contributed by atoms with E-state index in [1.807, 2.05) is 43.5 Å². The third kappa shape index (κ3) is 2.35. The topological polar surface area (TPSA) is 29.5 Å². The minimum Gasteiger partial charge on any atom is -0.496 e. The predicted molar refractivity (Wildman–Crippen MR) is 70.8 cm³/mol. The van der Waals surface area contributed by atoms with Crippen molar-refractivity contribution in [3.8, 4) is 5.75 Å². The third-order valence-corrected chi connectivity index (χ3v) is 3.90. The maximum atomic E-state index is 10.4. The molecule has 0 amide bonds. The van der Waals surface area contributed by atoms with Gasteiger partial charge in [0.25, 0.3) is 0 Å². The van der Waals surface area contributed by atoms with Crippen LogP contribution in [0.3, 0.4) is 0 Å². The van der Waals surface area contributed by atoms with Crippen molar-refractivity contribution in [3.05, 3.63) is 51.2 Å². The van der Waals surface area contributed by atoms with Crippen LogP contribution in [0, 0.1) is 13.8 Å². The predicted octanol–water partition coefficient (Wildman–Crippen LogP) is 3.46. The SMILES string of the molecule is COc1cc(C)ccc1C(O)c1sccc1C. The first kappa shape index (κ1) is 12.1. The number of aryl methyl sites for hydroxylation is 2. The van der Waals surface area contributed by atoms with Crippen LogP contribution in [-0.2, 0) is 0 Å². The molecule has 2 rings (SSSR count). The molecule has 1 N–H and O–H groups in total. The van der Waals surface area contributed by atoms with Gasteiger partial charge < -0.3 is 9.84 Å². The molecule has 2 aromatic rings. The second-order valence-electron chi connectivity index (χ2n) is 4.12. The highest BCUT2D eigenvalue weighted by Gasteiger charge is 2.18. The van der Waals surface area contributed by atoms with Crippen LogP contribution in [-0.4, -0.2) is 12.2 Å². The van der Waals surface area contributed by atoms with Gasteiger partial charge in [-0.25, -0.2) is 0 Å². The Balaban J connectivity index is 2.44. The molecule has 0 bridgehead atoms. The fourth-order valence-corrected chi connectivity index (χ4v) is 2.78. The number of ether oxygens (including phenoxy) is 1. The number of methoxy groups -OCH3 is 1. The van der Waals surface area contributed by atoms with Crippen LogP contribution < -0.4 is 4.74 Å². The molecule has 3 heteroatoms. The molecule has 0 radical (unpaired) electrons. The molecule has 1 atom stereocenters. The van der Waals surface area contributed by atoms with Crippen molar-refractivity contribution in [3.63, 3.8) is 0 Å². The minimum atomic E-state index is -0.606. The Kier molecular flexibility index (Phi) is 3.50. The summed E-state index contributed by atoms with van der Waals surface area (Å²) in [6, 6.07) is 7.88. The van der Waals surface area contributed by atoms with Gasteiger partial charge in [0.15, 0.2) is 0 Å². The molecule has 0 saturated carbocycles. The Hall–Kier alpha value is -1.32. The smallest absolute Gasteiger partial charge is 0.125 e. The van der Waals surface area contributed by atoms with Gasteiger partial charge in [0.1, 0.15) is 11.9 Å². The molecule has 0 aliphatic rings. The van der Waals surface area contributed by atoms with Crippen molar-refractivity contribution in [2.75, 3.05) is 7.11 Å². The van der Waals surface area contributed by atoms with Crippen molar-refractivity contribution in [1.29, 1.82) is 0 Å². The normalized spacial score (nSPS) is 12.5.